The second kappa shape index (κ2) is 6.80. The van der Waals surface area contributed by atoms with Crippen molar-refractivity contribution in [2.45, 2.75) is 84.3 Å². The molecular weight excluding hydrogens is 264 g/mol. The number of nitrogens with one attached hydrogen (secondary N) is 1. The van der Waals surface area contributed by atoms with Gasteiger partial charge in [-0.1, -0.05) is 47.0 Å². The molecule has 2 aliphatic rings. The van der Waals surface area contributed by atoms with E-state index in [9.17, 15) is 9.59 Å². The number of hydrogen-bond acceptors (Lipinski definition) is 2. The zero-order valence-corrected chi connectivity index (χ0v) is 13.9. The van der Waals surface area contributed by atoms with E-state index in [-0.39, 0.29) is 35.9 Å². The number of piperazine rings is 1. The predicted octanol–water partition coefficient (Wildman–Crippen LogP) is 2.72. The Hall–Kier alpha value is -1.06. The molecule has 1 saturated carbocycles. The van der Waals surface area contributed by atoms with Gasteiger partial charge in [0.15, 0.2) is 0 Å². The third kappa shape index (κ3) is 3.24. The van der Waals surface area contributed by atoms with Crippen molar-refractivity contribution in [2.24, 2.45) is 11.8 Å². The van der Waals surface area contributed by atoms with Crippen LogP contribution in [0.1, 0.15) is 66.2 Å². The fourth-order valence-corrected chi connectivity index (χ4v) is 3.92. The molecule has 0 aromatic heterocycles. The molecule has 2 rings (SSSR count). The first-order valence-electron chi connectivity index (χ1n) is 8.59. The maximum atomic E-state index is 12.9. The van der Waals surface area contributed by atoms with Crippen LogP contribution in [-0.4, -0.2) is 34.8 Å². The summed E-state index contributed by atoms with van der Waals surface area (Å²) >= 11 is 0. The van der Waals surface area contributed by atoms with Gasteiger partial charge in [-0.2, -0.15) is 0 Å². The van der Waals surface area contributed by atoms with Gasteiger partial charge in [-0.25, -0.2) is 0 Å². The Morgan fingerprint density at radius 2 is 1.86 bits per heavy atom. The van der Waals surface area contributed by atoms with Crippen LogP contribution in [0.4, 0.5) is 0 Å². The molecule has 21 heavy (non-hydrogen) atoms. The van der Waals surface area contributed by atoms with Gasteiger partial charge in [0, 0.05) is 6.04 Å². The molecule has 120 valence electrons. The first kappa shape index (κ1) is 16.3. The maximum Gasteiger partial charge on any atom is 0.246 e. The summed E-state index contributed by atoms with van der Waals surface area (Å²) in [6, 6.07) is -0.402. The Bertz CT molecular complexity index is 394. The second-order valence-corrected chi connectivity index (χ2v) is 7.09. The van der Waals surface area contributed by atoms with Crippen molar-refractivity contribution < 1.29 is 9.59 Å². The van der Waals surface area contributed by atoms with Gasteiger partial charge >= 0.3 is 0 Å². The van der Waals surface area contributed by atoms with Gasteiger partial charge < -0.3 is 10.2 Å². The first-order valence-corrected chi connectivity index (χ1v) is 8.59. The topological polar surface area (TPSA) is 49.4 Å². The van der Waals surface area contributed by atoms with E-state index in [0.29, 0.717) is 12.3 Å². The zero-order valence-electron chi connectivity index (χ0n) is 13.9. The minimum Gasteiger partial charge on any atom is -0.343 e. The molecule has 4 atom stereocenters. The number of rotatable bonds is 3. The molecule has 1 saturated heterocycles. The molecule has 0 spiro atoms. The molecule has 0 bridgehead atoms. The van der Waals surface area contributed by atoms with Crippen LogP contribution < -0.4 is 5.32 Å². The lowest BCUT2D eigenvalue weighted by Gasteiger charge is -2.46. The fourth-order valence-electron chi connectivity index (χ4n) is 3.92. The van der Waals surface area contributed by atoms with Gasteiger partial charge in [-0.05, 0) is 31.1 Å². The molecule has 0 aromatic rings. The SMILES string of the molecule is CCC1NC(=O)C(C(C)C)N(C2CCCCCC2C)C1=O. The molecule has 4 unspecified atom stereocenters. The summed E-state index contributed by atoms with van der Waals surface area (Å²) in [5, 5.41) is 2.92. The third-order valence-electron chi connectivity index (χ3n) is 5.15. The van der Waals surface area contributed by atoms with Crippen LogP contribution in [0, 0.1) is 11.8 Å². The van der Waals surface area contributed by atoms with Crippen LogP contribution in [0.15, 0.2) is 0 Å². The standard InChI is InChI=1S/C17H30N2O2/c1-5-13-17(21)19(15(11(2)3)16(20)18-13)14-10-8-6-7-9-12(14)4/h11-15H,5-10H2,1-4H3,(H,18,20). The Labute approximate surface area is 128 Å². The van der Waals surface area contributed by atoms with Gasteiger partial charge in [0.05, 0.1) is 0 Å². The number of hydrogen-bond donors (Lipinski definition) is 1. The molecule has 4 heteroatoms. The zero-order chi connectivity index (χ0) is 15.6. The lowest BCUT2D eigenvalue weighted by Crippen LogP contribution is -2.67. The Morgan fingerprint density at radius 3 is 2.48 bits per heavy atom. The Balaban J connectivity index is 2.32. The molecule has 1 N–H and O–H groups in total. The summed E-state index contributed by atoms with van der Waals surface area (Å²) in [4.78, 5) is 27.3. The number of carbonyl (C=O) groups is 2. The van der Waals surface area contributed by atoms with Crippen molar-refractivity contribution in [1.29, 1.82) is 0 Å². The first-order chi connectivity index (χ1) is 9.97. The molecule has 4 nitrogen and oxygen atoms in total. The molecule has 2 fully saturated rings. The monoisotopic (exact) mass is 294 g/mol. The van der Waals surface area contributed by atoms with Crippen LogP contribution in [0.25, 0.3) is 0 Å². The molecule has 1 aliphatic carbocycles. The number of carbonyl (C=O) groups excluding carboxylic acids is 2. The van der Waals surface area contributed by atoms with Crippen LogP contribution in [0.2, 0.25) is 0 Å². The van der Waals surface area contributed by atoms with Gasteiger partial charge in [-0.3, -0.25) is 9.59 Å². The van der Waals surface area contributed by atoms with Crippen molar-refractivity contribution in [3.63, 3.8) is 0 Å². The maximum absolute atomic E-state index is 12.9. The van der Waals surface area contributed by atoms with Crippen LogP contribution in [0.3, 0.4) is 0 Å². The average Bonchev–Trinajstić information content (AvgIpc) is 2.64. The summed E-state index contributed by atoms with van der Waals surface area (Å²) in [5.41, 5.74) is 0. The molecule has 1 heterocycles. The van der Waals surface area contributed by atoms with E-state index < -0.39 is 0 Å². The molecule has 0 aromatic carbocycles. The quantitative estimate of drug-likeness (QED) is 0.814. The van der Waals surface area contributed by atoms with Crippen molar-refractivity contribution in [1.82, 2.24) is 10.2 Å². The van der Waals surface area contributed by atoms with Gasteiger partial charge in [0.2, 0.25) is 11.8 Å². The fraction of sp³-hybridized carbons (Fsp3) is 0.882. The van der Waals surface area contributed by atoms with E-state index in [0.717, 1.165) is 12.8 Å². The Morgan fingerprint density at radius 1 is 1.19 bits per heavy atom. The van der Waals surface area contributed by atoms with E-state index in [1.807, 2.05) is 25.7 Å². The normalized spacial score (nSPS) is 34.8. The summed E-state index contributed by atoms with van der Waals surface area (Å²) < 4.78 is 0. The highest BCUT2D eigenvalue weighted by molar-refractivity contribution is 5.97. The molecule has 0 radical (unpaired) electrons. The summed E-state index contributed by atoms with van der Waals surface area (Å²) in [6.07, 6.45) is 6.54. The molecular formula is C17H30N2O2. The van der Waals surface area contributed by atoms with E-state index >= 15 is 0 Å². The number of amides is 2. The summed E-state index contributed by atoms with van der Waals surface area (Å²) in [5.74, 6) is 0.811. The molecule has 2 amide bonds. The summed E-state index contributed by atoms with van der Waals surface area (Å²) in [7, 11) is 0. The largest absolute Gasteiger partial charge is 0.343 e. The van der Waals surface area contributed by atoms with E-state index in [1.54, 1.807) is 0 Å². The van der Waals surface area contributed by atoms with Crippen LogP contribution in [0.5, 0.6) is 0 Å². The third-order valence-corrected chi connectivity index (χ3v) is 5.15. The minimum atomic E-state index is -0.331. The highest BCUT2D eigenvalue weighted by Crippen LogP contribution is 2.32. The lowest BCUT2D eigenvalue weighted by molar-refractivity contribution is -0.155. The smallest absolute Gasteiger partial charge is 0.246 e. The van der Waals surface area contributed by atoms with Crippen molar-refractivity contribution in [2.75, 3.05) is 0 Å². The van der Waals surface area contributed by atoms with Gasteiger partial charge in [-0.15, -0.1) is 0 Å². The van der Waals surface area contributed by atoms with E-state index in [4.69, 9.17) is 0 Å². The molecule has 1 aliphatic heterocycles. The van der Waals surface area contributed by atoms with Gasteiger partial charge in [0.1, 0.15) is 12.1 Å². The average molecular weight is 294 g/mol. The lowest BCUT2D eigenvalue weighted by atomic mass is 9.88. The summed E-state index contributed by atoms with van der Waals surface area (Å²) in [6.45, 7) is 8.29. The predicted molar refractivity (Wildman–Crippen MR) is 83.7 cm³/mol. The van der Waals surface area contributed by atoms with Gasteiger partial charge in [0.25, 0.3) is 0 Å². The second-order valence-electron chi connectivity index (χ2n) is 7.09. The van der Waals surface area contributed by atoms with Crippen molar-refractivity contribution in [3.05, 3.63) is 0 Å². The minimum absolute atomic E-state index is 0.0351. The van der Waals surface area contributed by atoms with Crippen LogP contribution in [-0.2, 0) is 9.59 Å². The van der Waals surface area contributed by atoms with E-state index in [1.165, 1.54) is 19.3 Å². The van der Waals surface area contributed by atoms with Crippen molar-refractivity contribution >= 4 is 11.8 Å². The van der Waals surface area contributed by atoms with Crippen molar-refractivity contribution in [3.8, 4) is 0 Å². The van der Waals surface area contributed by atoms with E-state index in [2.05, 4.69) is 12.2 Å². The van der Waals surface area contributed by atoms with Crippen LogP contribution >= 0.6 is 0 Å². The highest BCUT2D eigenvalue weighted by atomic mass is 16.2. The Kier molecular flexibility index (Phi) is 5.28. The number of nitrogens with zero attached hydrogens (tertiary/aromatic N) is 1. The highest BCUT2D eigenvalue weighted by Gasteiger charge is 2.45.